The number of anilines is 1. The fourth-order valence-corrected chi connectivity index (χ4v) is 4.84. The van der Waals surface area contributed by atoms with Crippen LogP contribution in [0.15, 0.2) is 11.1 Å². The van der Waals surface area contributed by atoms with Gasteiger partial charge in [0.05, 0.1) is 19.5 Å². The van der Waals surface area contributed by atoms with Crippen molar-refractivity contribution in [1.82, 2.24) is 19.5 Å². The number of ether oxygens (including phenoxy) is 1. The number of nitrogens with one attached hydrogen (secondary N) is 1. The molecule has 0 bridgehead atoms. The van der Waals surface area contributed by atoms with E-state index in [4.69, 9.17) is 38.6 Å². The molecule has 1 fully saturated rings. The molecule has 0 amide bonds. The predicted molar refractivity (Wildman–Crippen MR) is 108 cm³/mol. The molecule has 7 N–H and O–H groups in total. The van der Waals surface area contributed by atoms with Crippen molar-refractivity contribution in [2.24, 2.45) is 5.73 Å². The summed E-state index contributed by atoms with van der Waals surface area (Å²) in [4.78, 5) is 22.3. The number of nitrogens with zero attached hydrogens (tertiary/aromatic N) is 3. The maximum Gasteiger partial charge on any atom is 0.339 e. The number of nitrogen functional groups attached to an aromatic ring is 1. The van der Waals surface area contributed by atoms with Crippen LogP contribution in [0.3, 0.4) is 0 Å². The largest absolute Gasteiger partial charge is 0.387 e. The Morgan fingerprint density at radius 3 is 2.65 bits per heavy atom. The molecular weight excluding hydrogens is 458 g/mol. The normalized spacial score (nSPS) is 25.8. The van der Waals surface area contributed by atoms with E-state index in [0.717, 1.165) is 0 Å². The Morgan fingerprint density at radius 2 is 1.97 bits per heavy atom. The predicted octanol–water partition coefficient (Wildman–Crippen LogP) is -0.924. The van der Waals surface area contributed by atoms with E-state index < -0.39 is 47.3 Å². The number of aromatic amines is 1. The van der Waals surface area contributed by atoms with Gasteiger partial charge in [0.1, 0.15) is 18.3 Å². The summed E-state index contributed by atoms with van der Waals surface area (Å²) in [7, 11) is -0.863. The third kappa shape index (κ3) is 5.53. The first kappa shape index (κ1) is 24.3. The molecule has 3 rings (SSSR count). The first-order valence-electron chi connectivity index (χ1n) is 8.96. The average Bonchev–Trinajstić information content (AvgIpc) is 3.29. The average molecular weight is 482 g/mol. The molecule has 6 atom stereocenters. The van der Waals surface area contributed by atoms with Crippen molar-refractivity contribution in [3.05, 3.63) is 16.7 Å². The second-order valence-electron chi connectivity index (χ2n) is 6.13. The summed E-state index contributed by atoms with van der Waals surface area (Å²) in [5.74, 6) is -0.124. The zero-order chi connectivity index (χ0) is 22.5. The molecule has 1 aliphatic rings. The molecule has 0 spiro atoms. The summed E-state index contributed by atoms with van der Waals surface area (Å²) in [6.45, 7) is 0.333. The molecule has 1 saturated heterocycles. The van der Waals surface area contributed by atoms with Crippen LogP contribution in [-0.4, -0.2) is 82.0 Å². The van der Waals surface area contributed by atoms with Crippen LogP contribution in [0, 0.1) is 0 Å². The van der Waals surface area contributed by atoms with Crippen molar-refractivity contribution >= 4 is 34.3 Å². The third-order valence-electron chi connectivity index (χ3n) is 4.15. The smallest absolute Gasteiger partial charge is 0.339 e. The van der Waals surface area contributed by atoms with E-state index in [1.807, 2.05) is 0 Å². The van der Waals surface area contributed by atoms with Gasteiger partial charge in [-0.3, -0.25) is 14.3 Å². The lowest BCUT2D eigenvalue weighted by atomic mass is 10.1. The summed E-state index contributed by atoms with van der Waals surface area (Å²) in [5, 5.41) is 20.9. The highest BCUT2D eigenvalue weighted by atomic mass is 31.2. The van der Waals surface area contributed by atoms with E-state index in [2.05, 4.69) is 15.0 Å². The van der Waals surface area contributed by atoms with Crippen molar-refractivity contribution in [3.63, 3.8) is 0 Å². The highest BCUT2D eigenvalue weighted by Gasteiger charge is 2.45. The standard InChI is InChI=1S/C14H24N6O9P2/c1-24-30(26-4-3-15)29-31(25-2)27-5-7-9(21)10(22)13(28-7)20-6-17-8-11(20)18-14(16)19-12(8)23/h6-7,9-10,13,21-22H,3-5,15H2,1-2H3,(H3,16,18,19,23). The molecule has 31 heavy (non-hydrogen) atoms. The topological polar surface area (TPSA) is 211 Å². The first-order chi connectivity index (χ1) is 14.9. The number of hydrogen-bond donors (Lipinski definition) is 5. The van der Waals surface area contributed by atoms with Crippen molar-refractivity contribution in [2.75, 3.05) is 39.7 Å². The SMILES string of the molecule is COP(OCCN)OP(OC)OCC1OC(n2cnc3c(=O)[nH]c(N)nc32)C(O)C1O. The molecule has 0 radical (unpaired) electrons. The Labute approximate surface area is 178 Å². The van der Waals surface area contributed by atoms with Gasteiger partial charge in [0.25, 0.3) is 5.56 Å². The van der Waals surface area contributed by atoms with Gasteiger partial charge in [0.2, 0.25) is 5.95 Å². The molecule has 1 aliphatic heterocycles. The minimum absolute atomic E-state index is 0.0147. The fraction of sp³-hybridized carbons (Fsp3) is 0.643. The van der Waals surface area contributed by atoms with Gasteiger partial charge in [-0.15, -0.1) is 0 Å². The van der Waals surface area contributed by atoms with Gasteiger partial charge in [-0.2, -0.15) is 4.98 Å². The zero-order valence-corrected chi connectivity index (χ0v) is 18.4. The van der Waals surface area contributed by atoms with Crippen LogP contribution in [0.1, 0.15) is 6.23 Å². The number of nitrogens with two attached hydrogens (primary N) is 2. The number of imidazole rings is 1. The molecule has 0 saturated carbocycles. The number of H-pyrrole nitrogens is 1. The van der Waals surface area contributed by atoms with Gasteiger partial charge in [0.15, 0.2) is 17.4 Å². The molecule has 3 heterocycles. The monoisotopic (exact) mass is 482 g/mol. The highest BCUT2D eigenvalue weighted by Crippen LogP contribution is 2.55. The van der Waals surface area contributed by atoms with Crippen molar-refractivity contribution in [2.45, 2.75) is 24.5 Å². The number of aliphatic hydroxyl groups is 2. The first-order valence-corrected chi connectivity index (χ1v) is 11.1. The zero-order valence-electron chi connectivity index (χ0n) is 16.7. The van der Waals surface area contributed by atoms with Gasteiger partial charge >= 0.3 is 17.2 Å². The number of rotatable bonds is 11. The molecule has 174 valence electrons. The summed E-state index contributed by atoms with van der Waals surface area (Å²) in [6, 6.07) is 0. The van der Waals surface area contributed by atoms with E-state index in [1.165, 1.54) is 25.1 Å². The van der Waals surface area contributed by atoms with Crippen LogP contribution in [0.2, 0.25) is 0 Å². The van der Waals surface area contributed by atoms with Crippen LogP contribution >= 0.6 is 17.2 Å². The van der Waals surface area contributed by atoms with E-state index in [-0.39, 0.29) is 36.9 Å². The lowest BCUT2D eigenvalue weighted by Crippen LogP contribution is -2.33. The second kappa shape index (κ2) is 11.0. The van der Waals surface area contributed by atoms with Crippen molar-refractivity contribution < 1.29 is 37.4 Å². The lowest BCUT2D eigenvalue weighted by Gasteiger charge is -2.21. The third-order valence-corrected chi connectivity index (χ3v) is 6.57. The van der Waals surface area contributed by atoms with Gasteiger partial charge < -0.3 is 44.5 Å². The molecule has 15 nitrogen and oxygen atoms in total. The number of fused-ring (bicyclic) bond motifs is 1. The minimum atomic E-state index is -1.89. The quantitative estimate of drug-likeness (QED) is 0.245. The maximum atomic E-state index is 12.0. The van der Waals surface area contributed by atoms with Crippen LogP contribution < -0.4 is 17.0 Å². The van der Waals surface area contributed by atoms with Gasteiger partial charge in [0, 0.05) is 20.8 Å². The van der Waals surface area contributed by atoms with Gasteiger partial charge in [-0.25, -0.2) is 9.29 Å². The summed E-state index contributed by atoms with van der Waals surface area (Å²) in [5.41, 5.74) is 10.5. The second-order valence-corrected chi connectivity index (χ2v) is 8.93. The van der Waals surface area contributed by atoms with E-state index in [9.17, 15) is 15.0 Å². The van der Waals surface area contributed by atoms with Crippen LogP contribution in [0.5, 0.6) is 0 Å². The Kier molecular flexibility index (Phi) is 8.61. The molecule has 2 aromatic heterocycles. The summed E-state index contributed by atoms with van der Waals surface area (Å²) in [6.07, 6.45) is -3.43. The molecule has 0 aliphatic carbocycles. The Morgan fingerprint density at radius 1 is 1.26 bits per heavy atom. The fourth-order valence-electron chi connectivity index (χ4n) is 2.76. The lowest BCUT2D eigenvalue weighted by molar-refractivity contribution is -0.0487. The molecule has 17 heteroatoms. The van der Waals surface area contributed by atoms with Crippen LogP contribution in [0.25, 0.3) is 11.2 Å². The number of aromatic nitrogens is 4. The van der Waals surface area contributed by atoms with E-state index >= 15 is 0 Å². The molecule has 2 aromatic rings. The Hall–Kier alpha value is -1.35. The van der Waals surface area contributed by atoms with Crippen molar-refractivity contribution in [1.29, 1.82) is 0 Å². The van der Waals surface area contributed by atoms with E-state index in [1.54, 1.807) is 0 Å². The van der Waals surface area contributed by atoms with Crippen LogP contribution in [0.4, 0.5) is 5.95 Å². The maximum absolute atomic E-state index is 12.0. The molecule has 0 aromatic carbocycles. The minimum Gasteiger partial charge on any atom is -0.387 e. The van der Waals surface area contributed by atoms with E-state index in [0.29, 0.717) is 0 Å². The Balaban J connectivity index is 1.66. The van der Waals surface area contributed by atoms with Gasteiger partial charge in [-0.05, 0) is 0 Å². The number of hydrogen-bond acceptors (Lipinski definition) is 13. The number of aliphatic hydroxyl groups excluding tert-OH is 2. The summed E-state index contributed by atoms with van der Waals surface area (Å²) < 4.78 is 33.5. The van der Waals surface area contributed by atoms with Crippen LogP contribution in [-0.2, 0) is 27.1 Å². The Bertz CT molecular complexity index is 916. The molecular formula is C14H24N6O9P2. The van der Waals surface area contributed by atoms with Crippen molar-refractivity contribution in [3.8, 4) is 0 Å². The highest BCUT2D eigenvalue weighted by molar-refractivity contribution is 7.55. The molecule has 6 unspecified atom stereocenters. The summed E-state index contributed by atoms with van der Waals surface area (Å²) >= 11 is 0. The van der Waals surface area contributed by atoms with Gasteiger partial charge in [-0.1, -0.05) is 0 Å².